The van der Waals surface area contributed by atoms with Gasteiger partial charge in [0, 0.05) is 11.3 Å². The van der Waals surface area contributed by atoms with E-state index in [1.54, 1.807) is 11.3 Å². The molecule has 0 atom stereocenters. The van der Waals surface area contributed by atoms with E-state index in [0.29, 0.717) is 0 Å². The van der Waals surface area contributed by atoms with Crippen LogP contribution in [0.2, 0.25) is 0 Å². The zero-order chi connectivity index (χ0) is 11.1. The maximum atomic E-state index is 3.43. The molecule has 0 aliphatic heterocycles. The summed E-state index contributed by atoms with van der Waals surface area (Å²) in [6.07, 6.45) is 3.34. The average molecular weight is 348 g/mol. The first-order chi connectivity index (χ1) is 7.25. The second-order valence-corrected chi connectivity index (χ2v) is 6.62. The Labute approximate surface area is 112 Å². The van der Waals surface area contributed by atoms with Gasteiger partial charge in [0.25, 0.3) is 0 Å². The van der Waals surface area contributed by atoms with E-state index in [1.165, 1.54) is 17.7 Å². The lowest BCUT2D eigenvalue weighted by Gasteiger charge is -1.95. The number of allylic oxidation sites excluding steroid dienone is 1. The highest BCUT2D eigenvalue weighted by Gasteiger charge is 2.02. The Bertz CT molecular complexity index is 375. The predicted octanol–water partition coefficient (Wildman–Crippen LogP) is 5.40. The van der Waals surface area contributed by atoms with Crippen LogP contribution in [-0.4, -0.2) is 0 Å². The van der Waals surface area contributed by atoms with Crippen molar-refractivity contribution in [3.63, 3.8) is 0 Å². The van der Waals surface area contributed by atoms with Crippen LogP contribution in [0, 0.1) is 11.8 Å². The zero-order valence-corrected chi connectivity index (χ0v) is 12.5. The molecule has 0 aliphatic carbocycles. The van der Waals surface area contributed by atoms with Gasteiger partial charge in [0.05, 0.1) is 8.96 Å². The van der Waals surface area contributed by atoms with Crippen molar-refractivity contribution in [2.45, 2.75) is 26.2 Å². The minimum atomic E-state index is 0.932. The van der Waals surface area contributed by atoms with Gasteiger partial charge >= 0.3 is 0 Å². The van der Waals surface area contributed by atoms with Gasteiger partial charge in [0.15, 0.2) is 0 Å². The molecule has 0 spiro atoms. The van der Waals surface area contributed by atoms with Crippen molar-refractivity contribution in [3.05, 3.63) is 25.8 Å². The summed E-state index contributed by atoms with van der Waals surface area (Å²) in [5.74, 6) is 6.40. The Morgan fingerprint density at radius 1 is 1.47 bits per heavy atom. The molecule has 0 nitrogen and oxygen atoms in total. The maximum absolute atomic E-state index is 3.43. The first-order valence-electron chi connectivity index (χ1n) is 4.83. The molecule has 0 radical (unpaired) electrons. The molecule has 0 saturated carbocycles. The minimum Gasteiger partial charge on any atom is -0.143 e. The van der Waals surface area contributed by atoms with E-state index in [1.807, 2.05) is 6.07 Å². The van der Waals surface area contributed by atoms with E-state index in [-0.39, 0.29) is 0 Å². The van der Waals surface area contributed by atoms with E-state index in [9.17, 15) is 0 Å². The summed E-state index contributed by atoms with van der Waals surface area (Å²) >= 11 is 8.57. The lowest BCUT2D eigenvalue weighted by Crippen LogP contribution is -1.76. The van der Waals surface area contributed by atoms with E-state index in [4.69, 9.17) is 0 Å². The molecule has 3 heteroatoms. The van der Waals surface area contributed by atoms with Gasteiger partial charge in [-0.05, 0) is 49.7 Å². The molecule has 1 aromatic heterocycles. The lowest BCUT2D eigenvalue weighted by molar-refractivity contribution is 0.828. The summed E-state index contributed by atoms with van der Waals surface area (Å²) < 4.78 is 0.932. The fraction of sp³-hybridized carbons (Fsp3) is 0.333. The quantitative estimate of drug-likeness (QED) is 0.507. The average Bonchev–Trinajstić information content (AvgIpc) is 2.70. The van der Waals surface area contributed by atoms with Crippen molar-refractivity contribution < 1.29 is 0 Å². The molecule has 0 aromatic carbocycles. The number of thiophene rings is 1. The molecule has 0 bridgehead atoms. The van der Waals surface area contributed by atoms with E-state index >= 15 is 0 Å². The van der Waals surface area contributed by atoms with Crippen molar-refractivity contribution >= 4 is 48.8 Å². The third kappa shape index (κ3) is 4.55. The van der Waals surface area contributed by atoms with E-state index in [0.717, 1.165) is 15.4 Å². The van der Waals surface area contributed by atoms with Crippen molar-refractivity contribution in [1.82, 2.24) is 0 Å². The third-order valence-electron chi connectivity index (χ3n) is 1.83. The van der Waals surface area contributed by atoms with Gasteiger partial charge in [-0.3, -0.25) is 0 Å². The van der Waals surface area contributed by atoms with E-state index < -0.39 is 0 Å². The van der Waals surface area contributed by atoms with Crippen LogP contribution in [0.25, 0.3) is 5.57 Å². The Kier molecular flexibility index (Phi) is 6.31. The smallest absolute Gasteiger partial charge is 0.0774 e. The van der Waals surface area contributed by atoms with Crippen molar-refractivity contribution in [2.24, 2.45) is 0 Å². The molecular weight excluding hydrogens is 336 g/mol. The normalized spacial score (nSPS) is 9.27. The molecule has 0 aliphatic rings. The largest absolute Gasteiger partial charge is 0.143 e. The summed E-state index contributed by atoms with van der Waals surface area (Å²) in [5.41, 5.74) is 1.04. The molecule has 15 heavy (non-hydrogen) atoms. The van der Waals surface area contributed by atoms with Crippen molar-refractivity contribution in [2.75, 3.05) is 0 Å². The molecule has 1 rings (SSSR count). The number of hydrogen-bond acceptors (Lipinski definition) is 1. The SMILES string of the molecule is CCCCC#CC(=C(Br)Br)c1cccs1. The molecule has 80 valence electrons. The first-order valence-corrected chi connectivity index (χ1v) is 7.30. The molecular formula is C12H12Br2S. The number of hydrogen-bond donors (Lipinski definition) is 0. The van der Waals surface area contributed by atoms with Crippen LogP contribution in [0.1, 0.15) is 31.1 Å². The van der Waals surface area contributed by atoms with Crippen molar-refractivity contribution in [1.29, 1.82) is 0 Å². The summed E-state index contributed by atoms with van der Waals surface area (Å²) in [7, 11) is 0. The van der Waals surface area contributed by atoms with Crippen LogP contribution in [0.4, 0.5) is 0 Å². The highest BCUT2D eigenvalue weighted by Crippen LogP contribution is 2.29. The van der Waals surface area contributed by atoms with Crippen LogP contribution >= 0.6 is 43.2 Å². The van der Waals surface area contributed by atoms with Crippen LogP contribution in [0.3, 0.4) is 0 Å². The molecule has 0 fully saturated rings. The maximum Gasteiger partial charge on any atom is 0.0774 e. The van der Waals surface area contributed by atoms with Gasteiger partial charge in [0.2, 0.25) is 0 Å². The van der Waals surface area contributed by atoms with E-state index in [2.05, 4.69) is 62.1 Å². The second-order valence-electron chi connectivity index (χ2n) is 3.02. The first kappa shape index (κ1) is 13.0. The fourth-order valence-corrected chi connectivity index (χ4v) is 2.66. The molecule has 0 amide bonds. The van der Waals surface area contributed by atoms with Gasteiger partial charge in [-0.1, -0.05) is 31.3 Å². The molecule has 1 heterocycles. The Morgan fingerprint density at radius 2 is 2.27 bits per heavy atom. The number of unbranched alkanes of at least 4 members (excludes halogenated alkanes) is 2. The van der Waals surface area contributed by atoms with Gasteiger partial charge in [0.1, 0.15) is 0 Å². The third-order valence-corrected chi connectivity index (χ3v) is 3.51. The molecule has 0 N–H and O–H groups in total. The van der Waals surface area contributed by atoms with Gasteiger partial charge < -0.3 is 0 Å². The second kappa shape index (κ2) is 7.27. The van der Waals surface area contributed by atoms with Gasteiger partial charge in [-0.2, -0.15) is 0 Å². The van der Waals surface area contributed by atoms with Crippen LogP contribution in [0.15, 0.2) is 20.9 Å². The monoisotopic (exact) mass is 346 g/mol. The number of rotatable bonds is 3. The standard InChI is InChI=1S/C12H12Br2S/c1-2-3-4-5-7-10(12(13)14)11-8-6-9-15-11/h6,8-9H,2-4H2,1H3. The lowest BCUT2D eigenvalue weighted by atomic mass is 10.2. The summed E-state index contributed by atoms with van der Waals surface area (Å²) in [4.78, 5) is 1.20. The van der Waals surface area contributed by atoms with Crippen LogP contribution in [0.5, 0.6) is 0 Å². The summed E-state index contributed by atoms with van der Waals surface area (Å²) in [5, 5.41) is 2.06. The molecule has 0 saturated heterocycles. The van der Waals surface area contributed by atoms with Crippen LogP contribution < -0.4 is 0 Å². The van der Waals surface area contributed by atoms with Crippen molar-refractivity contribution in [3.8, 4) is 11.8 Å². The highest BCUT2D eigenvalue weighted by molar-refractivity contribution is 9.28. The fourth-order valence-electron chi connectivity index (χ4n) is 1.04. The zero-order valence-electron chi connectivity index (χ0n) is 8.52. The van der Waals surface area contributed by atoms with Crippen LogP contribution in [-0.2, 0) is 0 Å². The summed E-state index contributed by atoms with van der Waals surface area (Å²) in [6, 6.07) is 4.12. The Hall–Kier alpha value is -0.0400. The predicted molar refractivity (Wildman–Crippen MR) is 76.4 cm³/mol. The number of halogens is 2. The summed E-state index contributed by atoms with van der Waals surface area (Å²) in [6.45, 7) is 2.18. The minimum absolute atomic E-state index is 0.932. The Balaban J connectivity index is 2.77. The molecule has 0 unspecified atom stereocenters. The van der Waals surface area contributed by atoms with Gasteiger partial charge in [-0.25, -0.2) is 0 Å². The van der Waals surface area contributed by atoms with Gasteiger partial charge in [-0.15, -0.1) is 11.3 Å². The Morgan fingerprint density at radius 3 is 2.80 bits per heavy atom. The topological polar surface area (TPSA) is 0 Å². The molecule has 1 aromatic rings. The highest BCUT2D eigenvalue weighted by atomic mass is 79.9.